The van der Waals surface area contributed by atoms with Crippen molar-refractivity contribution >= 4 is 30.4 Å². The van der Waals surface area contributed by atoms with E-state index in [-0.39, 0.29) is 42.3 Å². The molecule has 2 heterocycles. The molecular formula is C21H21ClNO8P. The summed E-state index contributed by atoms with van der Waals surface area (Å²) in [6.07, 6.45) is -0.762. The van der Waals surface area contributed by atoms with Crippen molar-refractivity contribution in [2.24, 2.45) is 0 Å². The lowest BCUT2D eigenvalue weighted by molar-refractivity contribution is 0.0632. The van der Waals surface area contributed by atoms with E-state index in [0.29, 0.717) is 17.1 Å². The number of likely N-dealkylation sites (tertiary alicyclic amines) is 1. The molecule has 1 aromatic heterocycles. The van der Waals surface area contributed by atoms with Crippen LogP contribution in [0, 0.1) is 0 Å². The van der Waals surface area contributed by atoms with Crippen LogP contribution in [0.15, 0.2) is 45.6 Å². The average Bonchev–Trinajstić information content (AvgIpc) is 2.73. The number of aliphatic hydroxyl groups excluding tert-OH is 1. The number of likely N-dealkylation sites (N-methyl/N-ethyl adjacent to an activating group) is 1. The largest absolute Gasteiger partial charge is 0.524 e. The molecular weight excluding hydrogens is 461 g/mol. The molecule has 1 aliphatic heterocycles. The first-order chi connectivity index (χ1) is 15.6. The lowest BCUT2D eigenvalue weighted by atomic mass is 9.85. The van der Waals surface area contributed by atoms with E-state index in [4.69, 9.17) is 21.9 Å². The summed E-state index contributed by atoms with van der Waals surface area (Å²) in [7, 11) is -5.09. The van der Waals surface area contributed by atoms with Gasteiger partial charge in [-0.15, -0.1) is 0 Å². The summed E-state index contributed by atoms with van der Waals surface area (Å²) in [5.74, 6) is -1.67. The first-order valence-electron chi connectivity index (χ1n) is 10.3. The molecule has 9 nitrogen and oxygen atoms in total. The second-order valence-corrected chi connectivity index (χ2v) is 9.16. The van der Waals surface area contributed by atoms with Crippen LogP contribution in [0.5, 0.6) is 11.5 Å². The molecule has 3 aromatic rings. The van der Waals surface area contributed by atoms with Crippen molar-refractivity contribution in [2.45, 2.75) is 18.4 Å². The Morgan fingerprint density at radius 2 is 2.06 bits per heavy atom. The van der Waals surface area contributed by atoms with Crippen molar-refractivity contribution < 1.29 is 34.9 Å². The van der Waals surface area contributed by atoms with Crippen LogP contribution in [0.25, 0.3) is 22.3 Å². The standard InChI is InChI=1S/C21H21ClNO8P/c1-23-7-6-12(16(26)10-23)19-18(31-32(27,28)29)9-15(25)20-14(24)8-17(30-21(19)20)11-4-2-3-5-13(11)22/h2-5,8-9,12,16,25-26H,6-7,10H2,1H3,(H2,27,28,29)/i1D. The number of nitrogens with zero attached hydrogens (tertiary/aromatic N) is 1. The van der Waals surface area contributed by atoms with Gasteiger partial charge in [-0.3, -0.25) is 14.6 Å². The van der Waals surface area contributed by atoms with Crippen molar-refractivity contribution in [2.75, 3.05) is 20.1 Å². The number of fused-ring (bicyclic) bond motifs is 1. The van der Waals surface area contributed by atoms with Crippen LogP contribution < -0.4 is 9.95 Å². The van der Waals surface area contributed by atoms with Crippen LogP contribution in [0.4, 0.5) is 0 Å². The highest BCUT2D eigenvalue weighted by molar-refractivity contribution is 7.46. The van der Waals surface area contributed by atoms with Crippen LogP contribution in [0.3, 0.4) is 0 Å². The zero-order valence-electron chi connectivity index (χ0n) is 17.6. The highest BCUT2D eigenvalue weighted by Gasteiger charge is 2.35. The van der Waals surface area contributed by atoms with E-state index in [9.17, 15) is 29.4 Å². The normalized spacial score (nSPS) is 20.3. The van der Waals surface area contributed by atoms with Gasteiger partial charge in [0.2, 0.25) is 0 Å². The number of phosphoric acid groups is 1. The molecule has 1 saturated heterocycles. The van der Waals surface area contributed by atoms with E-state index in [1.54, 1.807) is 29.2 Å². The Kier molecular flexibility index (Phi) is 5.71. The second-order valence-electron chi connectivity index (χ2n) is 7.59. The number of aromatic hydroxyl groups is 1. The minimum atomic E-state index is -5.06. The molecule has 4 rings (SSSR count). The third-order valence-corrected chi connectivity index (χ3v) is 6.14. The van der Waals surface area contributed by atoms with Gasteiger partial charge in [-0.2, -0.15) is 0 Å². The topological polar surface area (TPSA) is 141 Å². The number of phosphoric ester groups is 1. The SMILES string of the molecule is [2H]CN1CCC(c2c(OP(=O)(O)O)cc(O)c3c(=O)cc(-c4ccccc4Cl)oc23)C(O)C1. The number of phenols is 1. The fraction of sp³-hybridized carbons (Fsp3) is 0.286. The van der Waals surface area contributed by atoms with Gasteiger partial charge in [-0.1, -0.05) is 23.7 Å². The first-order valence-corrected chi connectivity index (χ1v) is 11.5. The van der Waals surface area contributed by atoms with Crippen LogP contribution in [0.1, 0.15) is 19.3 Å². The average molecular weight is 483 g/mol. The van der Waals surface area contributed by atoms with Crippen molar-refractivity contribution in [1.82, 2.24) is 4.90 Å². The zero-order chi connectivity index (χ0) is 23.9. The van der Waals surface area contributed by atoms with Gasteiger partial charge in [0.15, 0.2) is 5.43 Å². The molecule has 0 radical (unpaired) electrons. The Morgan fingerprint density at radius 1 is 1.31 bits per heavy atom. The van der Waals surface area contributed by atoms with Gasteiger partial charge in [0.25, 0.3) is 0 Å². The maximum absolute atomic E-state index is 13.0. The summed E-state index contributed by atoms with van der Waals surface area (Å²) in [5, 5.41) is 21.4. The minimum Gasteiger partial charge on any atom is -0.507 e. The molecule has 1 aliphatic rings. The maximum atomic E-state index is 13.0. The molecule has 2 atom stereocenters. The number of phenolic OH excluding ortho intramolecular Hbond substituents is 1. The monoisotopic (exact) mass is 482 g/mol. The Bertz CT molecular complexity index is 1310. The number of halogens is 1. The predicted octanol–water partition coefficient (Wildman–Crippen LogP) is 3.07. The molecule has 0 aliphatic carbocycles. The van der Waals surface area contributed by atoms with Crippen LogP contribution >= 0.6 is 19.4 Å². The Labute approximate surface area is 189 Å². The molecule has 2 aromatic carbocycles. The molecule has 0 saturated carbocycles. The highest BCUT2D eigenvalue weighted by atomic mass is 35.5. The van der Waals surface area contributed by atoms with Gasteiger partial charge in [-0.25, -0.2) is 4.57 Å². The number of hydrogen-bond donors (Lipinski definition) is 4. The van der Waals surface area contributed by atoms with E-state index in [2.05, 4.69) is 0 Å². The molecule has 2 unspecified atom stereocenters. The van der Waals surface area contributed by atoms with Crippen molar-refractivity contribution in [3.05, 3.63) is 57.2 Å². The molecule has 11 heteroatoms. The first kappa shape index (κ1) is 21.5. The van der Waals surface area contributed by atoms with E-state index in [0.717, 1.165) is 12.1 Å². The lowest BCUT2D eigenvalue weighted by Gasteiger charge is -2.34. The summed E-state index contributed by atoms with van der Waals surface area (Å²) in [6.45, 7) is 0.539. The molecule has 4 N–H and O–H groups in total. The summed E-state index contributed by atoms with van der Waals surface area (Å²) < 4.78 is 30.0. The lowest BCUT2D eigenvalue weighted by Crippen LogP contribution is -2.40. The quantitative estimate of drug-likeness (QED) is 0.413. The molecule has 170 valence electrons. The fourth-order valence-electron chi connectivity index (χ4n) is 3.99. The van der Waals surface area contributed by atoms with E-state index in [1.165, 1.54) is 0 Å². The summed E-state index contributed by atoms with van der Waals surface area (Å²) in [4.78, 5) is 33.5. The Hall–Kier alpha value is -2.39. The summed E-state index contributed by atoms with van der Waals surface area (Å²) in [6, 6.07) is 8.72. The zero-order valence-corrected chi connectivity index (χ0v) is 18.3. The number of benzene rings is 2. The van der Waals surface area contributed by atoms with E-state index >= 15 is 0 Å². The number of β-amino-alcohol motifs (C(OH)–C–C–N with tert-alkyl or cyclic N) is 1. The summed E-state index contributed by atoms with van der Waals surface area (Å²) in [5.41, 5.74) is -0.321. The highest BCUT2D eigenvalue weighted by Crippen LogP contribution is 2.48. The molecule has 0 bridgehead atoms. The number of rotatable bonds is 4. The van der Waals surface area contributed by atoms with Crippen LogP contribution in [0.2, 0.25) is 5.02 Å². The van der Waals surface area contributed by atoms with Gasteiger partial charge < -0.3 is 24.1 Å². The third-order valence-electron chi connectivity index (χ3n) is 5.38. The van der Waals surface area contributed by atoms with Crippen LogP contribution in [-0.2, 0) is 4.57 Å². The van der Waals surface area contributed by atoms with E-state index < -0.39 is 36.8 Å². The second kappa shape index (κ2) is 8.51. The molecule has 0 amide bonds. The van der Waals surface area contributed by atoms with Crippen LogP contribution in [-0.4, -0.2) is 51.1 Å². The smallest absolute Gasteiger partial charge is 0.507 e. The van der Waals surface area contributed by atoms with Crippen molar-refractivity contribution in [1.29, 1.82) is 0 Å². The molecule has 1 fully saturated rings. The molecule has 0 spiro atoms. The predicted molar refractivity (Wildman–Crippen MR) is 118 cm³/mol. The van der Waals surface area contributed by atoms with Crippen molar-refractivity contribution in [3.63, 3.8) is 0 Å². The number of piperidine rings is 1. The Morgan fingerprint density at radius 3 is 2.72 bits per heavy atom. The number of hydrogen-bond acceptors (Lipinski definition) is 7. The van der Waals surface area contributed by atoms with Gasteiger partial charge in [0.1, 0.15) is 28.2 Å². The van der Waals surface area contributed by atoms with E-state index in [1.807, 2.05) is 0 Å². The van der Waals surface area contributed by atoms with Gasteiger partial charge >= 0.3 is 7.82 Å². The third kappa shape index (κ3) is 4.41. The molecule has 32 heavy (non-hydrogen) atoms. The van der Waals surface area contributed by atoms with Gasteiger partial charge in [0, 0.05) is 37.1 Å². The van der Waals surface area contributed by atoms with Crippen molar-refractivity contribution in [3.8, 4) is 22.8 Å². The minimum absolute atomic E-state index is 0.0301. The maximum Gasteiger partial charge on any atom is 0.524 e. The Balaban J connectivity index is 2.02. The summed E-state index contributed by atoms with van der Waals surface area (Å²) >= 11 is 6.25. The van der Waals surface area contributed by atoms with Gasteiger partial charge in [0.05, 0.1) is 11.1 Å². The van der Waals surface area contributed by atoms with Gasteiger partial charge in [-0.05, 0) is 32.1 Å². The number of aliphatic hydroxyl groups is 1. The fourth-order valence-corrected chi connectivity index (χ4v) is 4.63.